The van der Waals surface area contributed by atoms with E-state index in [4.69, 9.17) is 4.74 Å². The van der Waals surface area contributed by atoms with Crippen molar-refractivity contribution in [1.29, 1.82) is 0 Å². The predicted molar refractivity (Wildman–Crippen MR) is 159 cm³/mol. The minimum absolute atomic E-state index is 0.0311. The lowest BCUT2D eigenvalue weighted by atomic mass is 10.2. The second-order valence-corrected chi connectivity index (χ2v) is 12.1. The van der Waals surface area contributed by atoms with Gasteiger partial charge in [-0.1, -0.05) is 6.07 Å². The maximum Gasteiger partial charge on any atom is 0.412 e. The largest absolute Gasteiger partial charge is 0.444 e. The molecule has 3 N–H and O–H groups in total. The third kappa shape index (κ3) is 10.4. The van der Waals surface area contributed by atoms with Crippen LogP contribution in [0, 0.1) is 0 Å². The van der Waals surface area contributed by atoms with Gasteiger partial charge in [-0.15, -0.1) is 11.3 Å². The number of nitrogens with one attached hydrogen (secondary N) is 3. The summed E-state index contributed by atoms with van der Waals surface area (Å²) in [6.07, 6.45) is 1.90. The molecule has 40 heavy (non-hydrogen) atoms. The Morgan fingerprint density at radius 1 is 1.07 bits per heavy atom. The zero-order valence-corrected chi connectivity index (χ0v) is 25.3. The molecule has 3 heterocycles. The average molecular weight is 574 g/mol. The zero-order valence-electron chi connectivity index (χ0n) is 24.5. The molecule has 3 rings (SSSR count). The number of pyridine rings is 1. The lowest BCUT2D eigenvalue weighted by Gasteiger charge is -2.33. The first-order chi connectivity index (χ1) is 18.9. The van der Waals surface area contributed by atoms with Gasteiger partial charge in [0.1, 0.15) is 11.3 Å². The van der Waals surface area contributed by atoms with Gasteiger partial charge in [0.2, 0.25) is 0 Å². The van der Waals surface area contributed by atoms with Crippen molar-refractivity contribution in [2.24, 2.45) is 0 Å². The monoisotopic (exact) mass is 573 g/mol. The number of carbonyl (C=O) groups excluding carboxylic acids is 3. The molecule has 11 nitrogen and oxygen atoms in total. The highest BCUT2D eigenvalue weighted by atomic mass is 32.1. The smallest absolute Gasteiger partial charge is 0.412 e. The van der Waals surface area contributed by atoms with Crippen molar-refractivity contribution in [1.82, 2.24) is 25.0 Å². The third-order valence-corrected chi connectivity index (χ3v) is 6.92. The van der Waals surface area contributed by atoms with Crippen LogP contribution >= 0.6 is 11.3 Å². The molecule has 0 saturated carbocycles. The van der Waals surface area contributed by atoms with Gasteiger partial charge in [0.15, 0.2) is 0 Å². The van der Waals surface area contributed by atoms with Crippen LogP contribution in [0.2, 0.25) is 0 Å². The van der Waals surface area contributed by atoms with Crippen LogP contribution in [0.4, 0.5) is 21.0 Å². The molecule has 2 aromatic heterocycles. The summed E-state index contributed by atoms with van der Waals surface area (Å²) in [7, 11) is 2.14. The lowest BCUT2D eigenvalue weighted by Crippen LogP contribution is -2.46. The van der Waals surface area contributed by atoms with Gasteiger partial charge >= 0.3 is 12.1 Å². The van der Waals surface area contributed by atoms with Crippen molar-refractivity contribution in [3.63, 3.8) is 0 Å². The topological polar surface area (TPSA) is 119 Å². The number of nitrogens with zero attached hydrogens (tertiary/aromatic N) is 4. The fourth-order valence-electron chi connectivity index (χ4n) is 4.11. The Kier molecular flexibility index (Phi) is 11.3. The molecular weight excluding hydrogens is 530 g/mol. The molecule has 1 aliphatic heterocycles. The summed E-state index contributed by atoms with van der Waals surface area (Å²) in [5.41, 5.74) is 1.34. The van der Waals surface area contributed by atoms with Crippen molar-refractivity contribution in [3.05, 3.63) is 40.3 Å². The molecule has 0 bridgehead atoms. The number of hydrogen-bond donors (Lipinski definition) is 3. The number of urea groups is 1. The molecule has 1 aliphatic rings. The minimum atomic E-state index is -0.634. The first kappa shape index (κ1) is 31.3. The van der Waals surface area contributed by atoms with Gasteiger partial charge in [0.25, 0.3) is 5.91 Å². The van der Waals surface area contributed by atoms with Crippen LogP contribution in [0.25, 0.3) is 0 Å². The van der Waals surface area contributed by atoms with Crippen LogP contribution in [-0.2, 0) is 11.3 Å². The molecule has 0 atom stereocenters. The number of likely N-dealkylation sites (N-methyl/N-ethyl adjacent to an activating group) is 1. The first-order valence-corrected chi connectivity index (χ1v) is 14.6. The van der Waals surface area contributed by atoms with Gasteiger partial charge in [0.05, 0.1) is 11.4 Å². The molecule has 12 heteroatoms. The van der Waals surface area contributed by atoms with Gasteiger partial charge in [-0.05, 0) is 66.3 Å². The van der Waals surface area contributed by atoms with Crippen LogP contribution in [0.5, 0.6) is 0 Å². The standard InChI is InChI=1S/C28H43N7O4S/c1-20(2)30-26(37)35(11-7-10-34-14-12-33(6)13-15-34)17-21-8-9-22(29-16-21)25(36)31-23-18-40-19-24(23)32-27(38)39-28(3,4)5/h8-9,16,18-20H,7,10-15,17H2,1-6H3,(H,30,37)(H,31,36)(H,32,38). The summed E-state index contributed by atoms with van der Waals surface area (Å²) in [5, 5.41) is 11.9. The van der Waals surface area contributed by atoms with Gasteiger partial charge in [-0.3, -0.25) is 15.1 Å². The van der Waals surface area contributed by atoms with E-state index in [0.29, 0.717) is 24.5 Å². The first-order valence-electron chi connectivity index (χ1n) is 13.7. The van der Waals surface area contributed by atoms with E-state index in [2.05, 4.69) is 37.8 Å². The Hall–Kier alpha value is -3.22. The molecule has 2 aromatic rings. The summed E-state index contributed by atoms with van der Waals surface area (Å²) < 4.78 is 5.29. The number of ether oxygens (including phenoxy) is 1. The normalized spacial score (nSPS) is 14.6. The molecule has 0 spiro atoms. The number of thiophene rings is 1. The SMILES string of the molecule is CC(C)NC(=O)N(CCCN1CCN(C)CC1)Cc1ccc(C(=O)Nc2cscc2NC(=O)OC(C)(C)C)nc1. The summed E-state index contributed by atoms with van der Waals surface area (Å²) in [5.74, 6) is -0.404. The van der Waals surface area contributed by atoms with Crippen molar-refractivity contribution in [2.45, 2.75) is 59.2 Å². The van der Waals surface area contributed by atoms with E-state index in [1.165, 1.54) is 11.3 Å². The van der Waals surface area contributed by atoms with E-state index in [-0.39, 0.29) is 17.8 Å². The molecule has 1 fully saturated rings. The lowest BCUT2D eigenvalue weighted by molar-refractivity contribution is 0.0635. The second-order valence-electron chi connectivity index (χ2n) is 11.4. The predicted octanol–water partition coefficient (Wildman–Crippen LogP) is 4.30. The Labute approximate surface area is 241 Å². The maximum atomic E-state index is 12.9. The molecule has 1 saturated heterocycles. The number of anilines is 2. The van der Waals surface area contributed by atoms with E-state index in [1.807, 2.05) is 19.9 Å². The van der Waals surface area contributed by atoms with Crippen LogP contribution < -0.4 is 16.0 Å². The minimum Gasteiger partial charge on any atom is -0.444 e. The van der Waals surface area contributed by atoms with E-state index >= 15 is 0 Å². The third-order valence-electron chi connectivity index (χ3n) is 6.17. The summed E-state index contributed by atoms with van der Waals surface area (Å²) in [4.78, 5) is 48.8. The van der Waals surface area contributed by atoms with Crippen molar-refractivity contribution < 1.29 is 19.1 Å². The van der Waals surface area contributed by atoms with E-state index in [1.54, 1.807) is 48.7 Å². The Balaban J connectivity index is 1.57. The molecule has 220 valence electrons. The molecule has 0 aliphatic carbocycles. The van der Waals surface area contributed by atoms with Gasteiger partial charge < -0.3 is 30.1 Å². The number of carbonyl (C=O) groups is 3. The van der Waals surface area contributed by atoms with E-state index in [9.17, 15) is 14.4 Å². The highest BCUT2D eigenvalue weighted by Crippen LogP contribution is 2.27. The van der Waals surface area contributed by atoms with E-state index < -0.39 is 17.6 Å². The fraction of sp³-hybridized carbons (Fsp3) is 0.571. The number of hydrogen-bond acceptors (Lipinski definition) is 8. The Morgan fingerprint density at radius 2 is 1.75 bits per heavy atom. The number of aromatic nitrogens is 1. The fourth-order valence-corrected chi connectivity index (χ4v) is 4.82. The van der Waals surface area contributed by atoms with Crippen molar-refractivity contribution in [3.8, 4) is 0 Å². The maximum absolute atomic E-state index is 12.9. The van der Waals surface area contributed by atoms with Crippen LogP contribution in [-0.4, -0.2) is 95.7 Å². The number of rotatable bonds is 10. The highest BCUT2D eigenvalue weighted by molar-refractivity contribution is 7.09. The van der Waals surface area contributed by atoms with Gasteiger partial charge in [-0.25, -0.2) is 9.59 Å². The summed E-state index contributed by atoms with van der Waals surface area (Å²) in [6.45, 7) is 15.4. The van der Waals surface area contributed by atoms with Crippen molar-refractivity contribution in [2.75, 3.05) is 56.9 Å². The van der Waals surface area contributed by atoms with Gasteiger partial charge in [0, 0.05) is 62.3 Å². The molecule has 0 unspecified atom stereocenters. The Bertz CT molecular complexity index is 1120. The Morgan fingerprint density at radius 3 is 2.35 bits per heavy atom. The zero-order chi connectivity index (χ0) is 29.3. The van der Waals surface area contributed by atoms with Crippen LogP contribution in [0.1, 0.15) is 57.1 Å². The molecule has 0 radical (unpaired) electrons. The van der Waals surface area contributed by atoms with Crippen LogP contribution in [0.3, 0.4) is 0 Å². The molecule has 4 amide bonds. The second kappa shape index (κ2) is 14.4. The summed E-state index contributed by atoms with van der Waals surface area (Å²) in [6, 6.07) is 3.37. The van der Waals surface area contributed by atoms with Gasteiger partial charge in [-0.2, -0.15) is 0 Å². The van der Waals surface area contributed by atoms with Crippen LogP contribution in [0.15, 0.2) is 29.1 Å². The summed E-state index contributed by atoms with van der Waals surface area (Å²) >= 11 is 1.34. The highest BCUT2D eigenvalue weighted by Gasteiger charge is 2.20. The number of amides is 4. The molecule has 0 aromatic carbocycles. The van der Waals surface area contributed by atoms with E-state index in [0.717, 1.165) is 44.7 Å². The quantitative estimate of drug-likeness (QED) is 0.388. The van der Waals surface area contributed by atoms with Crippen molar-refractivity contribution >= 4 is 40.7 Å². The molecular formula is C28H43N7O4S. The number of piperazine rings is 1. The average Bonchev–Trinajstić information content (AvgIpc) is 3.29.